The Morgan fingerprint density at radius 2 is 2.03 bits per heavy atom. The first-order chi connectivity index (χ1) is 17.3. The van der Waals surface area contributed by atoms with Crippen LogP contribution in [0.25, 0.3) is 0 Å². The van der Waals surface area contributed by atoms with Crippen LogP contribution >= 0.6 is 0 Å². The van der Waals surface area contributed by atoms with E-state index in [1.165, 1.54) is 28.1 Å². The summed E-state index contributed by atoms with van der Waals surface area (Å²) in [7, 11) is -0.787. The Labute approximate surface area is 217 Å². The number of carbonyl (C=O) groups excluding carboxylic acids is 2. The van der Waals surface area contributed by atoms with Crippen LogP contribution in [0.1, 0.15) is 38.1 Å². The van der Waals surface area contributed by atoms with Gasteiger partial charge < -0.3 is 29.5 Å². The van der Waals surface area contributed by atoms with Gasteiger partial charge >= 0.3 is 6.03 Å². The first kappa shape index (κ1) is 28.3. The lowest BCUT2D eigenvalue weighted by Crippen LogP contribution is -2.51. The predicted molar refractivity (Wildman–Crippen MR) is 138 cm³/mol. The van der Waals surface area contributed by atoms with Gasteiger partial charge in [0, 0.05) is 38.8 Å². The monoisotopic (exact) mass is 536 g/mol. The summed E-state index contributed by atoms with van der Waals surface area (Å²) in [6, 6.07) is 3.78. The van der Waals surface area contributed by atoms with E-state index in [1.54, 1.807) is 38.1 Å². The lowest BCUT2D eigenvalue weighted by atomic mass is 9.99. The van der Waals surface area contributed by atoms with E-state index in [0.717, 1.165) is 0 Å². The molecule has 13 heteroatoms. The zero-order chi connectivity index (χ0) is 27.5. The SMILES string of the molecule is CC(C)NC(=O)N(C)C[C@@H]1Oc2c(NS(=O)(=O)c3cn(C)cn3)cccc2C(=O)N([C@H](C)CO)C[C@H]1C. The first-order valence-electron chi connectivity index (χ1n) is 12.1. The number of fused-ring (bicyclic) bond motifs is 1. The molecule has 204 valence electrons. The molecule has 2 aromatic rings. The summed E-state index contributed by atoms with van der Waals surface area (Å²) in [5.41, 5.74) is 0.217. The van der Waals surface area contributed by atoms with E-state index in [-0.39, 0.29) is 59.7 Å². The summed E-state index contributed by atoms with van der Waals surface area (Å²) in [6.07, 6.45) is 2.14. The summed E-state index contributed by atoms with van der Waals surface area (Å²) in [5.74, 6) is -0.608. The number of benzene rings is 1. The zero-order valence-corrected chi connectivity index (χ0v) is 22.8. The molecule has 12 nitrogen and oxygen atoms in total. The number of nitrogens with zero attached hydrogens (tertiary/aromatic N) is 4. The fourth-order valence-corrected chi connectivity index (χ4v) is 5.02. The number of aromatic nitrogens is 2. The highest BCUT2D eigenvalue weighted by molar-refractivity contribution is 7.92. The molecule has 2 heterocycles. The van der Waals surface area contributed by atoms with E-state index in [2.05, 4.69) is 15.0 Å². The number of aliphatic hydroxyl groups excluding tert-OH is 1. The van der Waals surface area contributed by atoms with E-state index >= 15 is 0 Å². The van der Waals surface area contributed by atoms with Crippen molar-refractivity contribution >= 4 is 27.6 Å². The van der Waals surface area contributed by atoms with Gasteiger partial charge in [-0.15, -0.1) is 0 Å². The summed E-state index contributed by atoms with van der Waals surface area (Å²) >= 11 is 0. The average Bonchev–Trinajstić information content (AvgIpc) is 3.27. The average molecular weight is 537 g/mol. The van der Waals surface area contributed by atoms with Crippen molar-refractivity contribution < 1.29 is 27.9 Å². The van der Waals surface area contributed by atoms with Gasteiger partial charge in [0.15, 0.2) is 10.8 Å². The maximum absolute atomic E-state index is 13.6. The number of sulfonamides is 1. The van der Waals surface area contributed by atoms with Crippen molar-refractivity contribution in [1.29, 1.82) is 0 Å². The number of aryl methyl sites for hydroxylation is 1. The van der Waals surface area contributed by atoms with Crippen molar-refractivity contribution in [1.82, 2.24) is 24.7 Å². The molecule has 37 heavy (non-hydrogen) atoms. The van der Waals surface area contributed by atoms with Crippen LogP contribution in [0.4, 0.5) is 10.5 Å². The van der Waals surface area contributed by atoms with Gasteiger partial charge in [-0.05, 0) is 32.9 Å². The number of hydrogen-bond acceptors (Lipinski definition) is 7. The fourth-order valence-electron chi connectivity index (χ4n) is 3.98. The van der Waals surface area contributed by atoms with Crippen LogP contribution in [0.15, 0.2) is 35.7 Å². The molecule has 3 atom stereocenters. The molecule has 0 aliphatic carbocycles. The second-order valence-corrected chi connectivity index (χ2v) is 11.4. The number of aliphatic hydroxyl groups is 1. The summed E-state index contributed by atoms with van der Waals surface area (Å²) in [5, 5.41) is 12.5. The molecule has 0 saturated heterocycles. The molecule has 0 unspecified atom stereocenters. The maximum Gasteiger partial charge on any atom is 0.317 e. The normalized spacial score (nSPS) is 18.9. The molecule has 0 fully saturated rings. The number of para-hydroxylation sites is 1. The fraction of sp³-hybridized carbons (Fsp3) is 0.542. The summed E-state index contributed by atoms with van der Waals surface area (Å²) in [4.78, 5) is 33.1. The molecule has 0 saturated carbocycles. The second-order valence-electron chi connectivity index (χ2n) is 9.77. The number of carbonyl (C=O) groups is 2. The number of likely N-dealkylation sites (N-methyl/N-ethyl adjacent to an activating group) is 1. The van der Waals surface area contributed by atoms with Crippen molar-refractivity contribution in [2.75, 3.05) is 31.5 Å². The zero-order valence-electron chi connectivity index (χ0n) is 22.0. The topological polar surface area (TPSA) is 146 Å². The molecule has 1 aliphatic heterocycles. The van der Waals surface area contributed by atoms with Crippen molar-refractivity contribution in [3.05, 3.63) is 36.3 Å². The third-order valence-electron chi connectivity index (χ3n) is 6.10. The van der Waals surface area contributed by atoms with Gasteiger partial charge in [-0.1, -0.05) is 13.0 Å². The van der Waals surface area contributed by atoms with Gasteiger partial charge in [0.1, 0.15) is 6.10 Å². The molecule has 3 rings (SSSR count). The molecule has 0 radical (unpaired) electrons. The van der Waals surface area contributed by atoms with Crippen molar-refractivity contribution in [3.63, 3.8) is 0 Å². The van der Waals surface area contributed by atoms with Gasteiger partial charge in [0.05, 0.1) is 36.8 Å². The molecular formula is C24H36N6O6S. The van der Waals surface area contributed by atoms with Crippen LogP contribution in [-0.2, 0) is 17.1 Å². The number of imidazole rings is 1. The molecule has 3 amide bonds. The minimum absolute atomic E-state index is 0.0522. The Morgan fingerprint density at radius 1 is 1.32 bits per heavy atom. The Kier molecular flexibility index (Phi) is 8.69. The largest absolute Gasteiger partial charge is 0.485 e. The van der Waals surface area contributed by atoms with Crippen LogP contribution in [0.3, 0.4) is 0 Å². The predicted octanol–water partition coefficient (Wildman–Crippen LogP) is 1.49. The summed E-state index contributed by atoms with van der Waals surface area (Å²) in [6.45, 7) is 7.53. The molecule has 0 bridgehead atoms. The highest BCUT2D eigenvalue weighted by atomic mass is 32.2. The van der Waals surface area contributed by atoms with Crippen LogP contribution in [0.2, 0.25) is 0 Å². The highest BCUT2D eigenvalue weighted by Gasteiger charge is 2.35. The second kappa shape index (κ2) is 11.4. The third kappa shape index (κ3) is 6.52. The smallest absolute Gasteiger partial charge is 0.317 e. The molecule has 1 aromatic carbocycles. The van der Waals surface area contributed by atoms with Gasteiger partial charge in [-0.25, -0.2) is 9.78 Å². The number of rotatable bonds is 8. The summed E-state index contributed by atoms with van der Waals surface area (Å²) < 4.78 is 36.4. The van der Waals surface area contributed by atoms with Crippen LogP contribution < -0.4 is 14.8 Å². The van der Waals surface area contributed by atoms with Crippen LogP contribution in [-0.4, -0.2) is 89.7 Å². The van der Waals surface area contributed by atoms with E-state index in [9.17, 15) is 23.1 Å². The minimum atomic E-state index is -4.08. The minimum Gasteiger partial charge on any atom is -0.485 e. The van der Waals surface area contributed by atoms with Gasteiger partial charge in [0.25, 0.3) is 15.9 Å². The number of ether oxygens (including phenoxy) is 1. The van der Waals surface area contributed by atoms with E-state index in [1.807, 2.05) is 20.8 Å². The highest BCUT2D eigenvalue weighted by Crippen LogP contribution is 2.36. The Morgan fingerprint density at radius 3 is 2.62 bits per heavy atom. The first-order valence-corrected chi connectivity index (χ1v) is 13.6. The lowest BCUT2D eigenvalue weighted by Gasteiger charge is -2.38. The lowest BCUT2D eigenvalue weighted by molar-refractivity contribution is 0.0369. The van der Waals surface area contributed by atoms with Gasteiger partial charge in [0.2, 0.25) is 0 Å². The van der Waals surface area contributed by atoms with E-state index < -0.39 is 28.1 Å². The quantitative estimate of drug-likeness (QED) is 0.463. The Bertz CT molecular complexity index is 1230. The van der Waals surface area contributed by atoms with Crippen molar-refractivity contribution in [2.24, 2.45) is 13.0 Å². The molecule has 1 aromatic heterocycles. The third-order valence-corrected chi connectivity index (χ3v) is 7.35. The van der Waals surface area contributed by atoms with E-state index in [0.29, 0.717) is 0 Å². The number of hydrogen-bond donors (Lipinski definition) is 3. The Hall–Kier alpha value is -3.32. The number of anilines is 1. The van der Waals surface area contributed by atoms with Crippen molar-refractivity contribution in [3.8, 4) is 5.75 Å². The number of nitrogens with one attached hydrogen (secondary N) is 2. The van der Waals surface area contributed by atoms with Crippen LogP contribution in [0.5, 0.6) is 5.75 Å². The molecule has 1 aliphatic rings. The van der Waals surface area contributed by atoms with Gasteiger partial charge in [-0.3, -0.25) is 9.52 Å². The maximum atomic E-state index is 13.6. The standard InChI is InChI=1S/C24H36N6O6S/c1-15(2)26-24(33)29(6)11-20-16(3)10-30(17(4)13-31)23(32)18-8-7-9-19(22(18)36-20)27-37(34,35)21-12-28(5)14-25-21/h7-9,12,14-17,20,27,31H,10-11,13H2,1-6H3,(H,26,33)/t16-,17-,20+/m1/s1. The van der Waals surface area contributed by atoms with Crippen molar-refractivity contribution in [2.45, 2.75) is 50.9 Å². The van der Waals surface area contributed by atoms with Crippen LogP contribution in [0, 0.1) is 5.92 Å². The Balaban J connectivity index is 2.05. The molecule has 3 N–H and O–H groups in total. The molecule has 0 spiro atoms. The molecular weight excluding hydrogens is 500 g/mol. The van der Waals surface area contributed by atoms with Gasteiger partial charge in [-0.2, -0.15) is 8.42 Å². The number of urea groups is 1. The van der Waals surface area contributed by atoms with E-state index in [4.69, 9.17) is 4.74 Å². The number of amides is 3.